The topological polar surface area (TPSA) is 124 Å². The standard InChI is InChI=1S/C17H23N5O5S/c1-5-21(13-6-7-28(25,26)9-13)15(23)12(4)27-16(24)14-19-17-18-10(2)8-11(3)22(17)20-14/h8,12-13H,5-7,9H2,1-4H3/t12-,13-/m1/s1. The van der Waals surface area contributed by atoms with Gasteiger partial charge < -0.3 is 9.64 Å². The highest BCUT2D eigenvalue weighted by atomic mass is 32.2. The zero-order valence-electron chi connectivity index (χ0n) is 16.2. The Labute approximate surface area is 162 Å². The fourth-order valence-electron chi connectivity index (χ4n) is 3.37. The number of aryl methyl sites for hydroxylation is 2. The van der Waals surface area contributed by atoms with E-state index < -0.39 is 33.9 Å². The number of hydrogen-bond donors (Lipinski definition) is 0. The van der Waals surface area contributed by atoms with E-state index in [0.29, 0.717) is 13.0 Å². The maximum absolute atomic E-state index is 12.7. The first-order valence-electron chi connectivity index (χ1n) is 9.04. The molecule has 2 aromatic heterocycles. The molecule has 0 aliphatic carbocycles. The van der Waals surface area contributed by atoms with Crippen molar-refractivity contribution in [3.05, 3.63) is 23.3 Å². The van der Waals surface area contributed by atoms with Crippen LogP contribution in [-0.2, 0) is 19.4 Å². The Hall–Kier alpha value is -2.56. The molecule has 28 heavy (non-hydrogen) atoms. The second-order valence-electron chi connectivity index (χ2n) is 6.91. The second kappa shape index (κ2) is 7.46. The van der Waals surface area contributed by atoms with Gasteiger partial charge >= 0.3 is 5.97 Å². The van der Waals surface area contributed by atoms with Crippen molar-refractivity contribution >= 4 is 27.5 Å². The molecule has 1 amide bonds. The first kappa shape index (κ1) is 20.2. The van der Waals surface area contributed by atoms with Gasteiger partial charge in [-0.1, -0.05) is 0 Å². The Bertz CT molecular complexity index is 1030. The average molecular weight is 409 g/mol. The molecule has 1 saturated heterocycles. The molecule has 0 spiro atoms. The second-order valence-corrected chi connectivity index (χ2v) is 9.14. The van der Waals surface area contributed by atoms with E-state index in [9.17, 15) is 18.0 Å². The normalized spacial score (nSPS) is 19.5. The van der Waals surface area contributed by atoms with E-state index in [-0.39, 0.29) is 23.1 Å². The minimum absolute atomic E-state index is 0.0621. The predicted molar refractivity (Wildman–Crippen MR) is 99.6 cm³/mol. The van der Waals surface area contributed by atoms with E-state index >= 15 is 0 Å². The Balaban J connectivity index is 1.72. The maximum atomic E-state index is 12.7. The van der Waals surface area contributed by atoms with Gasteiger partial charge in [-0.2, -0.15) is 4.98 Å². The van der Waals surface area contributed by atoms with Gasteiger partial charge in [-0.05, 0) is 40.2 Å². The fraction of sp³-hybridized carbons (Fsp3) is 0.588. The predicted octanol–water partition coefficient (Wildman–Crippen LogP) is 0.322. The molecule has 11 heteroatoms. The Kier molecular flexibility index (Phi) is 5.37. The highest BCUT2D eigenvalue weighted by molar-refractivity contribution is 7.91. The smallest absolute Gasteiger partial charge is 0.379 e. The molecule has 3 rings (SSSR count). The first-order chi connectivity index (χ1) is 13.1. The summed E-state index contributed by atoms with van der Waals surface area (Å²) in [5.74, 6) is -1.19. The lowest BCUT2D eigenvalue weighted by atomic mass is 10.2. The summed E-state index contributed by atoms with van der Waals surface area (Å²) < 4.78 is 30.1. The van der Waals surface area contributed by atoms with E-state index in [1.807, 2.05) is 13.8 Å². The van der Waals surface area contributed by atoms with Crippen LogP contribution >= 0.6 is 0 Å². The van der Waals surface area contributed by atoms with Crippen LogP contribution in [0.2, 0.25) is 0 Å². The minimum Gasteiger partial charge on any atom is -0.447 e. The SMILES string of the molecule is CCN(C(=O)[C@@H](C)OC(=O)c1nc2nc(C)cc(C)n2n1)[C@@H]1CCS(=O)(=O)C1. The van der Waals surface area contributed by atoms with Gasteiger partial charge in [0.25, 0.3) is 17.5 Å². The van der Waals surface area contributed by atoms with Crippen LogP contribution < -0.4 is 0 Å². The minimum atomic E-state index is -3.13. The summed E-state index contributed by atoms with van der Waals surface area (Å²) in [6.45, 7) is 7.17. The van der Waals surface area contributed by atoms with E-state index in [4.69, 9.17) is 4.74 Å². The third-order valence-electron chi connectivity index (χ3n) is 4.71. The van der Waals surface area contributed by atoms with Crippen molar-refractivity contribution in [2.75, 3.05) is 18.1 Å². The van der Waals surface area contributed by atoms with Crippen LogP contribution in [0.4, 0.5) is 0 Å². The molecule has 152 valence electrons. The maximum Gasteiger partial charge on any atom is 0.379 e. The number of likely N-dealkylation sites (N-methyl/N-ethyl adjacent to an activating group) is 1. The number of hydrogen-bond acceptors (Lipinski definition) is 8. The van der Waals surface area contributed by atoms with Crippen molar-refractivity contribution in [1.29, 1.82) is 0 Å². The van der Waals surface area contributed by atoms with Crippen molar-refractivity contribution in [2.45, 2.75) is 46.3 Å². The lowest BCUT2D eigenvalue weighted by Crippen LogP contribution is -2.46. The third kappa shape index (κ3) is 3.98. The van der Waals surface area contributed by atoms with Crippen molar-refractivity contribution in [1.82, 2.24) is 24.5 Å². The number of aromatic nitrogens is 4. The number of carbonyl (C=O) groups excluding carboxylic acids is 2. The van der Waals surface area contributed by atoms with Crippen LogP contribution in [0, 0.1) is 13.8 Å². The highest BCUT2D eigenvalue weighted by Gasteiger charge is 2.36. The van der Waals surface area contributed by atoms with Crippen molar-refractivity contribution < 1.29 is 22.7 Å². The quantitative estimate of drug-likeness (QED) is 0.647. The molecule has 1 aliphatic heterocycles. The Morgan fingerprint density at radius 1 is 1.36 bits per heavy atom. The molecule has 0 N–H and O–H groups in total. The van der Waals surface area contributed by atoms with Crippen LogP contribution in [0.3, 0.4) is 0 Å². The number of ether oxygens (including phenoxy) is 1. The third-order valence-corrected chi connectivity index (χ3v) is 6.46. The van der Waals surface area contributed by atoms with E-state index in [0.717, 1.165) is 11.4 Å². The van der Waals surface area contributed by atoms with Gasteiger partial charge in [-0.15, -0.1) is 5.10 Å². The van der Waals surface area contributed by atoms with Gasteiger partial charge in [-0.25, -0.2) is 22.7 Å². The number of rotatable bonds is 5. The molecular formula is C17H23N5O5S. The number of amides is 1. The Morgan fingerprint density at radius 2 is 2.07 bits per heavy atom. The molecule has 3 heterocycles. The highest BCUT2D eigenvalue weighted by Crippen LogP contribution is 2.19. The van der Waals surface area contributed by atoms with Crippen LogP contribution in [0.25, 0.3) is 5.78 Å². The molecule has 0 unspecified atom stereocenters. The van der Waals surface area contributed by atoms with Gasteiger partial charge in [0.1, 0.15) is 0 Å². The summed E-state index contributed by atoms with van der Waals surface area (Å²) in [6.07, 6.45) is -0.695. The number of esters is 1. The zero-order valence-corrected chi connectivity index (χ0v) is 17.1. The molecule has 0 bridgehead atoms. The molecule has 1 aliphatic rings. The van der Waals surface area contributed by atoms with Gasteiger partial charge in [0, 0.05) is 24.0 Å². The fourth-order valence-corrected chi connectivity index (χ4v) is 5.10. The van der Waals surface area contributed by atoms with Crippen LogP contribution in [-0.4, -0.2) is 75.0 Å². The summed E-state index contributed by atoms with van der Waals surface area (Å²) in [6, 6.07) is 1.41. The van der Waals surface area contributed by atoms with Gasteiger partial charge in [-0.3, -0.25) is 4.79 Å². The summed E-state index contributed by atoms with van der Waals surface area (Å²) in [5.41, 5.74) is 1.50. The molecule has 0 saturated carbocycles. The first-order valence-corrected chi connectivity index (χ1v) is 10.9. The van der Waals surface area contributed by atoms with Crippen molar-refractivity contribution in [3.8, 4) is 0 Å². The molecule has 10 nitrogen and oxygen atoms in total. The van der Waals surface area contributed by atoms with E-state index in [2.05, 4.69) is 15.1 Å². The number of nitrogens with zero attached hydrogens (tertiary/aromatic N) is 5. The molecule has 0 aromatic carbocycles. The number of fused-ring (bicyclic) bond motifs is 1. The Morgan fingerprint density at radius 3 is 2.68 bits per heavy atom. The summed E-state index contributed by atoms with van der Waals surface area (Å²) in [4.78, 5) is 34.8. The lowest BCUT2D eigenvalue weighted by molar-refractivity contribution is -0.141. The number of carbonyl (C=O) groups is 2. The van der Waals surface area contributed by atoms with Crippen molar-refractivity contribution in [3.63, 3.8) is 0 Å². The summed E-state index contributed by atoms with van der Waals surface area (Å²) >= 11 is 0. The van der Waals surface area contributed by atoms with Crippen molar-refractivity contribution in [2.24, 2.45) is 0 Å². The largest absolute Gasteiger partial charge is 0.447 e. The van der Waals surface area contributed by atoms with E-state index in [1.165, 1.54) is 16.3 Å². The molecule has 1 fully saturated rings. The zero-order chi connectivity index (χ0) is 20.6. The van der Waals surface area contributed by atoms with Crippen LogP contribution in [0.5, 0.6) is 0 Å². The van der Waals surface area contributed by atoms with E-state index in [1.54, 1.807) is 13.0 Å². The number of sulfone groups is 1. The molecule has 2 atom stereocenters. The monoisotopic (exact) mass is 409 g/mol. The molecule has 2 aromatic rings. The van der Waals surface area contributed by atoms with Crippen LogP contribution in [0.1, 0.15) is 42.3 Å². The van der Waals surface area contributed by atoms with Gasteiger partial charge in [0.15, 0.2) is 15.9 Å². The summed E-state index contributed by atoms with van der Waals surface area (Å²) in [7, 11) is -3.13. The molecular weight excluding hydrogens is 386 g/mol. The lowest BCUT2D eigenvalue weighted by Gasteiger charge is -2.29. The van der Waals surface area contributed by atoms with Gasteiger partial charge in [0.2, 0.25) is 0 Å². The van der Waals surface area contributed by atoms with Gasteiger partial charge in [0.05, 0.1) is 11.5 Å². The average Bonchev–Trinajstić information content (AvgIpc) is 3.18. The summed E-state index contributed by atoms with van der Waals surface area (Å²) in [5, 5.41) is 4.09. The van der Waals surface area contributed by atoms with Crippen LogP contribution in [0.15, 0.2) is 6.07 Å². The molecule has 0 radical (unpaired) electrons.